The molecule has 2 aliphatic rings. The Morgan fingerprint density at radius 2 is 1.02 bits per heavy atom. The van der Waals surface area contributed by atoms with Gasteiger partial charge < -0.3 is 20.9 Å². The van der Waals surface area contributed by atoms with Gasteiger partial charge in [0.05, 0.1) is 0 Å². The molecular formula is C43H54N2O2. The summed E-state index contributed by atoms with van der Waals surface area (Å²) in [7, 11) is 0. The first kappa shape index (κ1) is 33.0. The molecule has 0 aromatic heterocycles. The Kier molecular flexibility index (Phi) is 9.87. The predicted molar refractivity (Wildman–Crippen MR) is 197 cm³/mol. The summed E-state index contributed by atoms with van der Waals surface area (Å²) in [5.41, 5.74) is 20.9. The maximum atomic E-state index is 6.44. The second-order valence-corrected chi connectivity index (χ2v) is 14.7. The molecule has 2 fully saturated rings. The van der Waals surface area contributed by atoms with Crippen molar-refractivity contribution in [3.8, 4) is 23.0 Å². The van der Waals surface area contributed by atoms with Crippen molar-refractivity contribution in [3.63, 3.8) is 0 Å². The van der Waals surface area contributed by atoms with Crippen LogP contribution in [0.5, 0.6) is 23.0 Å². The molecule has 0 radical (unpaired) electrons. The average Bonchev–Trinajstić information content (AvgIpc) is 3.05. The number of rotatable bonds is 9. The van der Waals surface area contributed by atoms with E-state index in [1.807, 2.05) is 48.5 Å². The van der Waals surface area contributed by atoms with E-state index in [9.17, 15) is 0 Å². The normalized spacial score (nSPS) is 19.8. The van der Waals surface area contributed by atoms with Crippen molar-refractivity contribution < 1.29 is 9.47 Å². The maximum Gasteiger partial charge on any atom is 0.133 e. The topological polar surface area (TPSA) is 70.5 Å². The van der Waals surface area contributed by atoms with Gasteiger partial charge in [-0.3, -0.25) is 0 Å². The van der Waals surface area contributed by atoms with Crippen LogP contribution >= 0.6 is 0 Å². The summed E-state index contributed by atoms with van der Waals surface area (Å²) in [6.45, 7) is 11.1. The molecule has 248 valence electrons. The van der Waals surface area contributed by atoms with Gasteiger partial charge >= 0.3 is 0 Å². The van der Waals surface area contributed by atoms with Gasteiger partial charge in [0.2, 0.25) is 0 Å². The van der Waals surface area contributed by atoms with Gasteiger partial charge in [0, 0.05) is 28.9 Å². The fourth-order valence-electron chi connectivity index (χ4n) is 8.87. The van der Waals surface area contributed by atoms with Gasteiger partial charge in [0.1, 0.15) is 23.0 Å². The summed E-state index contributed by atoms with van der Waals surface area (Å²) in [6.07, 6.45) is 13.3. The van der Waals surface area contributed by atoms with Crippen LogP contribution in [0.4, 0.5) is 11.4 Å². The quantitative estimate of drug-likeness (QED) is 0.181. The highest BCUT2D eigenvalue weighted by Crippen LogP contribution is 2.52. The molecule has 0 atom stereocenters. The van der Waals surface area contributed by atoms with E-state index >= 15 is 0 Å². The molecule has 4 aromatic carbocycles. The van der Waals surface area contributed by atoms with Crippen molar-refractivity contribution in [2.75, 3.05) is 11.5 Å². The third-order valence-electron chi connectivity index (χ3n) is 11.3. The molecule has 0 aliphatic heterocycles. The van der Waals surface area contributed by atoms with Gasteiger partial charge in [-0.15, -0.1) is 0 Å². The van der Waals surface area contributed by atoms with E-state index < -0.39 is 0 Å². The Bertz CT molecular complexity index is 1540. The number of aryl methyl sites for hydroxylation is 4. The van der Waals surface area contributed by atoms with Gasteiger partial charge in [-0.05, 0) is 142 Å². The second-order valence-electron chi connectivity index (χ2n) is 14.7. The van der Waals surface area contributed by atoms with E-state index in [0.717, 1.165) is 75.8 Å². The molecule has 4 heteroatoms. The Morgan fingerprint density at radius 1 is 0.596 bits per heavy atom. The summed E-state index contributed by atoms with van der Waals surface area (Å²) in [4.78, 5) is 0. The number of benzene rings is 4. The van der Waals surface area contributed by atoms with Gasteiger partial charge in [0.15, 0.2) is 0 Å². The highest BCUT2D eigenvalue weighted by Gasteiger charge is 2.42. The lowest BCUT2D eigenvalue weighted by Crippen LogP contribution is -2.36. The summed E-state index contributed by atoms with van der Waals surface area (Å²) >= 11 is 0. The minimum atomic E-state index is -0.0631. The highest BCUT2D eigenvalue weighted by molar-refractivity contribution is 5.55. The summed E-state index contributed by atoms with van der Waals surface area (Å²) < 4.78 is 12.9. The van der Waals surface area contributed by atoms with Crippen molar-refractivity contribution in [2.45, 2.75) is 104 Å². The molecule has 0 bridgehead atoms. The molecule has 4 nitrogen and oxygen atoms in total. The van der Waals surface area contributed by atoms with Crippen LogP contribution in [0, 0.1) is 45.4 Å². The molecule has 4 aromatic rings. The number of nitrogens with two attached hydrogens (primary N) is 2. The average molecular weight is 631 g/mol. The number of nitrogen functional groups attached to an aromatic ring is 2. The number of hydrogen-bond acceptors (Lipinski definition) is 4. The Hall–Kier alpha value is -3.92. The Labute approximate surface area is 282 Å². The largest absolute Gasteiger partial charge is 0.457 e. The van der Waals surface area contributed by atoms with E-state index in [-0.39, 0.29) is 5.41 Å². The van der Waals surface area contributed by atoms with Crippen LogP contribution < -0.4 is 20.9 Å². The van der Waals surface area contributed by atoms with Crippen LogP contribution in [-0.4, -0.2) is 0 Å². The molecule has 0 amide bonds. The zero-order valence-electron chi connectivity index (χ0n) is 29.2. The van der Waals surface area contributed by atoms with Crippen LogP contribution in [0.15, 0.2) is 72.8 Å². The summed E-state index contributed by atoms with van der Waals surface area (Å²) in [6, 6.07) is 25.0. The first-order valence-corrected chi connectivity index (χ1v) is 18.0. The van der Waals surface area contributed by atoms with E-state index in [4.69, 9.17) is 20.9 Å². The lowest BCUT2D eigenvalue weighted by atomic mass is 9.59. The van der Waals surface area contributed by atoms with Crippen molar-refractivity contribution in [3.05, 3.63) is 106 Å². The Balaban J connectivity index is 1.34. The fourth-order valence-corrected chi connectivity index (χ4v) is 8.87. The Morgan fingerprint density at radius 3 is 1.43 bits per heavy atom. The lowest BCUT2D eigenvalue weighted by Gasteiger charge is -2.45. The predicted octanol–water partition coefficient (Wildman–Crippen LogP) is 11.8. The van der Waals surface area contributed by atoms with Crippen LogP contribution in [0.1, 0.15) is 105 Å². The minimum Gasteiger partial charge on any atom is -0.457 e. The third-order valence-corrected chi connectivity index (χ3v) is 11.3. The summed E-state index contributed by atoms with van der Waals surface area (Å²) in [5.74, 6) is 6.06. The minimum absolute atomic E-state index is 0.0631. The SMILES string of the molecule is CCC[C@H]1CC[C@@H](C2CCC(c3cc(C)c(Oc4cccc(N)c4)c(C)c3)(c3cc(C)c(Oc4cccc(N)c4)c(C)c3)CC2)CC1. The zero-order chi connectivity index (χ0) is 33.1. The van der Waals surface area contributed by atoms with Crippen molar-refractivity contribution >= 4 is 11.4 Å². The van der Waals surface area contributed by atoms with Gasteiger partial charge in [-0.2, -0.15) is 0 Å². The molecule has 47 heavy (non-hydrogen) atoms. The first-order valence-electron chi connectivity index (χ1n) is 18.0. The first-order chi connectivity index (χ1) is 22.6. The molecule has 2 saturated carbocycles. The molecule has 2 aliphatic carbocycles. The summed E-state index contributed by atoms with van der Waals surface area (Å²) in [5, 5.41) is 0. The van der Waals surface area contributed by atoms with Crippen LogP contribution in [0.25, 0.3) is 0 Å². The molecule has 6 rings (SSSR count). The standard InChI is InChI=1S/C43H54N2O2/c1-6-9-32-14-16-33(17-15-32)34-18-20-43(21-19-34,35-22-28(2)41(29(3)23-35)46-39-12-7-10-37(44)26-39)36-24-30(4)42(31(5)25-36)47-40-13-8-11-38(45)27-40/h7-8,10-13,22-27,32-34H,6,9,14-21,44-45H2,1-5H3/t32-,33+. The number of ether oxygens (including phenoxy) is 2. The van der Waals surface area contributed by atoms with Crippen molar-refractivity contribution in [1.82, 2.24) is 0 Å². The van der Waals surface area contributed by atoms with Crippen molar-refractivity contribution in [1.29, 1.82) is 0 Å². The molecule has 4 N–H and O–H groups in total. The van der Waals surface area contributed by atoms with E-state index in [0.29, 0.717) is 11.4 Å². The maximum absolute atomic E-state index is 6.44. The molecule has 0 heterocycles. The smallest absolute Gasteiger partial charge is 0.133 e. The number of anilines is 2. The van der Waals surface area contributed by atoms with Crippen LogP contribution in [-0.2, 0) is 5.41 Å². The fraction of sp³-hybridized carbons (Fsp3) is 0.442. The lowest BCUT2D eigenvalue weighted by molar-refractivity contribution is 0.140. The molecule has 0 spiro atoms. The molecule has 0 unspecified atom stereocenters. The highest BCUT2D eigenvalue weighted by atomic mass is 16.5. The molecule has 0 saturated heterocycles. The number of hydrogen-bond donors (Lipinski definition) is 2. The van der Waals surface area contributed by atoms with Gasteiger partial charge in [-0.1, -0.05) is 69.0 Å². The van der Waals surface area contributed by atoms with Crippen LogP contribution in [0.3, 0.4) is 0 Å². The van der Waals surface area contributed by atoms with E-state index in [1.54, 1.807) is 0 Å². The van der Waals surface area contributed by atoms with Gasteiger partial charge in [0.25, 0.3) is 0 Å². The monoisotopic (exact) mass is 630 g/mol. The third kappa shape index (κ3) is 7.17. The van der Waals surface area contributed by atoms with Gasteiger partial charge in [-0.25, -0.2) is 0 Å². The van der Waals surface area contributed by atoms with E-state index in [2.05, 4.69) is 58.9 Å². The zero-order valence-corrected chi connectivity index (χ0v) is 29.2. The van der Waals surface area contributed by atoms with Crippen LogP contribution in [0.2, 0.25) is 0 Å². The second kappa shape index (κ2) is 14.1. The molecular weight excluding hydrogens is 576 g/mol. The van der Waals surface area contributed by atoms with E-state index in [1.165, 1.54) is 62.5 Å². The van der Waals surface area contributed by atoms with Crippen molar-refractivity contribution in [2.24, 2.45) is 17.8 Å².